The van der Waals surface area contributed by atoms with Gasteiger partial charge in [-0.1, -0.05) is 12.1 Å². The Balaban J connectivity index is 2.71. The lowest BCUT2D eigenvalue weighted by Crippen LogP contribution is -2.15. The summed E-state index contributed by atoms with van der Waals surface area (Å²) in [5.74, 6) is 0.434. The maximum Gasteiger partial charge on any atom is 0.281 e. The number of fused-ring (bicyclic) bond motifs is 2. The molecule has 0 spiro atoms. The molecular weight excluding hydrogens is 212 g/mol. The molecule has 0 aliphatic heterocycles. The summed E-state index contributed by atoms with van der Waals surface area (Å²) in [6.45, 7) is 0. The molecule has 2 aromatic heterocycles. The molecule has 0 unspecified atom stereocenters. The van der Waals surface area contributed by atoms with Crippen molar-refractivity contribution in [3.63, 3.8) is 0 Å². The van der Waals surface area contributed by atoms with Crippen molar-refractivity contribution in [1.29, 1.82) is 0 Å². The van der Waals surface area contributed by atoms with Gasteiger partial charge in [-0.15, -0.1) is 0 Å². The molecule has 0 radical (unpaired) electrons. The fourth-order valence-corrected chi connectivity index (χ4v) is 1.75. The predicted molar refractivity (Wildman–Crippen MR) is 58.5 cm³/mol. The smallest absolute Gasteiger partial charge is 0.281 e. The van der Waals surface area contributed by atoms with Gasteiger partial charge >= 0.3 is 0 Å². The fraction of sp³-hybridized carbons (Fsp3) is 0. The molecule has 0 bridgehead atoms. The Morgan fingerprint density at radius 1 is 1.33 bits per heavy atom. The van der Waals surface area contributed by atoms with Crippen LogP contribution in [0.2, 0.25) is 0 Å². The second-order valence-electron chi connectivity index (χ2n) is 3.16. The predicted octanol–water partition coefficient (Wildman–Crippen LogP) is 1.23. The van der Waals surface area contributed by atoms with Crippen LogP contribution >= 0.6 is 12.2 Å². The number of nitrogens with zero attached hydrogens (tertiary/aromatic N) is 2. The van der Waals surface area contributed by atoms with Crippen molar-refractivity contribution in [2.24, 2.45) is 0 Å². The molecule has 3 aromatic rings. The van der Waals surface area contributed by atoms with Crippen LogP contribution in [-0.2, 0) is 0 Å². The number of para-hydroxylation sites is 1. The van der Waals surface area contributed by atoms with Gasteiger partial charge in [0.2, 0.25) is 10.5 Å². The highest BCUT2D eigenvalue weighted by molar-refractivity contribution is 7.71. The molecule has 2 heterocycles. The molecule has 74 valence electrons. The molecule has 15 heavy (non-hydrogen) atoms. The second-order valence-corrected chi connectivity index (χ2v) is 3.55. The van der Waals surface area contributed by atoms with Crippen LogP contribution in [0.25, 0.3) is 16.7 Å². The van der Waals surface area contributed by atoms with E-state index in [2.05, 4.69) is 15.1 Å². The molecular formula is C9H6N4OS. The largest absolute Gasteiger partial charge is 0.323 e. The van der Waals surface area contributed by atoms with E-state index in [0.717, 1.165) is 5.52 Å². The summed E-state index contributed by atoms with van der Waals surface area (Å²) in [6.07, 6.45) is 0. The molecule has 0 aliphatic rings. The Bertz CT molecular complexity index is 767. The first kappa shape index (κ1) is 8.37. The monoisotopic (exact) mass is 218 g/mol. The summed E-state index contributed by atoms with van der Waals surface area (Å²) in [7, 11) is 0. The molecule has 0 saturated heterocycles. The van der Waals surface area contributed by atoms with Crippen LogP contribution in [0.4, 0.5) is 0 Å². The van der Waals surface area contributed by atoms with Crippen LogP contribution in [0.1, 0.15) is 0 Å². The van der Waals surface area contributed by atoms with E-state index >= 15 is 0 Å². The first-order chi connectivity index (χ1) is 7.25. The normalized spacial score (nSPS) is 11.2. The number of H-pyrrole nitrogens is 2. The Hall–Kier alpha value is -1.95. The fourth-order valence-electron chi connectivity index (χ4n) is 1.57. The number of rotatable bonds is 0. The molecule has 3 rings (SSSR count). The maximum atomic E-state index is 11.9. The van der Waals surface area contributed by atoms with Crippen molar-refractivity contribution >= 4 is 28.9 Å². The summed E-state index contributed by atoms with van der Waals surface area (Å²) in [5, 5.41) is 3.30. The standard InChI is InChI=1S/C9H6N4OS/c14-7-5-3-1-2-4-6(5)10-8-11-9(15)12-13(7)8/h1-4H,(H2,10,11,12,15). The molecule has 2 N–H and O–H groups in total. The molecule has 1 aromatic carbocycles. The molecule has 0 aliphatic carbocycles. The minimum atomic E-state index is -0.150. The molecule has 0 fully saturated rings. The van der Waals surface area contributed by atoms with E-state index in [0.29, 0.717) is 15.9 Å². The van der Waals surface area contributed by atoms with Gasteiger partial charge in [-0.2, -0.15) is 9.50 Å². The highest BCUT2D eigenvalue weighted by Gasteiger charge is 2.04. The summed E-state index contributed by atoms with van der Waals surface area (Å²) < 4.78 is 1.60. The van der Waals surface area contributed by atoms with Gasteiger partial charge < -0.3 is 4.98 Å². The Morgan fingerprint density at radius 2 is 2.13 bits per heavy atom. The maximum absolute atomic E-state index is 11.9. The van der Waals surface area contributed by atoms with Crippen LogP contribution in [0, 0.1) is 4.77 Å². The third-order valence-electron chi connectivity index (χ3n) is 2.23. The second kappa shape index (κ2) is 2.77. The number of hydrogen-bond donors (Lipinski definition) is 2. The van der Waals surface area contributed by atoms with E-state index in [-0.39, 0.29) is 5.56 Å². The average molecular weight is 218 g/mol. The van der Waals surface area contributed by atoms with Gasteiger partial charge in [0.15, 0.2) is 0 Å². The number of benzene rings is 1. The highest BCUT2D eigenvalue weighted by atomic mass is 32.1. The van der Waals surface area contributed by atoms with E-state index in [1.165, 1.54) is 4.52 Å². The van der Waals surface area contributed by atoms with E-state index < -0.39 is 0 Å². The highest BCUT2D eigenvalue weighted by Crippen LogP contribution is 2.06. The van der Waals surface area contributed by atoms with Crippen molar-refractivity contribution in [1.82, 2.24) is 19.6 Å². The minimum absolute atomic E-state index is 0.150. The number of aromatic amines is 2. The van der Waals surface area contributed by atoms with Gasteiger partial charge in [0, 0.05) is 0 Å². The topological polar surface area (TPSA) is 66.0 Å². The van der Waals surface area contributed by atoms with Crippen LogP contribution in [0.3, 0.4) is 0 Å². The molecule has 0 atom stereocenters. The third-order valence-corrected chi connectivity index (χ3v) is 2.42. The van der Waals surface area contributed by atoms with E-state index in [1.54, 1.807) is 6.07 Å². The molecule has 0 amide bonds. The van der Waals surface area contributed by atoms with Gasteiger partial charge in [0.1, 0.15) is 0 Å². The van der Waals surface area contributed by atoms with Crippen LogP contribution in [-0.4, -0.2) is 19.6 Å². The first-order valence-corrected chi connectivity index (χ1v) is 4.76. The number of hydrogen-bond acceptors (Lipinski definition) is 3. The van der Waals surface area contributed by atoms with Crippen LogP contribution in [0.5, 0.6) is 0 Å². The molecule has 0 saturated carbocycles. The van der Waals surface area contributed by atoms with Gasteiger partial charge in [-0.05, 0) is 24.4 Å². The lowest BCUT2D eigenvalue weighted by atomic mass is 10.2. The van der Waals surface area contributed by atoms with Crippen molar-refractivity contribution in [3.05, 3.63) is 39.4 Å². The van der Waals surface area contributed by atoms with Crippen LogP contribution in [0.15, 0.2) is 29.1 Å². The first-order valence-electron chi connectivity index (χ1n) is 4.35. The summed E-state index contributed by atoms with van der Waals surface area (Å²) >= 11 is 4.86. The summed E-state index contributed by atoms with van der Waals surface area (Å²) in [6, 6.07) is 7.25. The lowest BCUT2D eigenvalue weighted by molar-refractivity contribution is 0.909. The Kier molecular flexibility index (Phi) is 1.54. The van der Waals surface area contributed by atoms with Gasteiger partial charge in [0.05, 0.1) is 10.9 Å². The summed E-state index contributed by atoms with van der Waals surface area (Å²) in [4.78, 5) is 18.9. The average Bonchev–Trinajstić information content (AvgIpc) is 2.59. The van der Waals surface area contributed by atoms with Crippen molar-refractivity contribution in [3.8, 4) is 0 Å². The number of nitrogens with one attached hydrogen (secondary N) is 2. The van der Waals surface area contributed by atoms with Crippen molar-refractivity contribution in [2.75, 3.05) is 0 Å². The lowest BCUT2D eigenvalue weighted by Gasteiger charge is -1.97. The Labute approximate surface area is 88.4 Å². The van der Waals surface area contributed by atoms with Crippen LogP contribution < -0.4 is 5.56 Å². The van der Waals surface area contributed by atoms with Crippen molar-refractivity contribution in [2.45, 2.75) is 0 Å². The SMILES string of the molecule is O=c1c2ccccc2[nH]c2nc(=S)[nH]n12. The van der Waals surface area contributed by atoms with E-state index in [9.17, 15) is 4.79 Å². The third kappa shape index (κ3) is 1.11. The van der Waals surface area contributed by atoms with E-state index in [1.807, 2.05) is 18.2 Å². The summed E-state index contributed by atoms with van der Waals surface area (Å²) in [5.41, 5.74) is 0.604. The zero-order valence-corrected chi connectivity index (χ0v) is 8.34. The van der Waals surface area contributed by atoms with E-state index in [4.69, 9.17) is 12.2 Å². The van der Waals surface area contributed by atoms with Gasteiger partial charge in [-0.3, -0.25) is 9.89 Å². The van der Waals surface area contributed by atoms with Crippen molar-refractivity contribution < 1.29 is 0 Å². The molecule has 5 nitrogen and oxygen atoms in total. The molecule has 6 heteroatoms. The zero-order chi connectivity index (χ0) is 10.4. The van der Waals surface area contributed by atoms with Gasteiger partial charge in [0.25, 0.3) is 5.56 Å². The number of aromatic nitrogens is 4. The minimum Gasteiger partial charge on any atom is -0.323 e. The zero-order valence-electron chi connectivity index (χ0n) is 7.52. The van der Waals surface area contributed by atoms with Gasteiger partial charge in [-0.25, -0.2) is 0 Å². The Morgan fingerprint density at radius 3 is 3.00 bits per heavy atom. The quantitative estimate of drug-likeness (QED) is 0.558.